The molecule has 1 amide bonds. The van der Waals surface area contributed by atoms with Crippen molar-refractivity contribution in [3.63, 3.8) is 0 Å². The van der Waals surface area contributed by atoms with Crippen LogP contribution in [-0.2, 0) is 4.79 Å². The van der Waals surface area contributed by atoms with Crippen LogP contribution in [0.25, 0.3) is 10.9 Å². The Morgan fingerprint density at radius 1 is 1.09 bits per heavy atom. The summed E-state index contributed by atoms with van der Waals surface area (Å²) in [5, 5.41) is 3.94. The number of nitrogens with zero attached hydrogens (tertiary/aromatic N) is 5. The zero-order valence-electron chi connectivity index (χ0n) is 18.6. The minimum Gasteiger partial charge on any atom is -0.383 e. The number of rotatable bonds is 7. The lowest BCUT2D eigenvalue weighted by atomic mass is 10.2. The number of benzene rings is 1. The Kier molecular flexibility index (Phi) is 6.63. The third-order valence-electron chi connectivity index (χ3n) is 5.67. The highest BCUT2D eigenvalue weighted by Crippen LogP contribution is 2.19. The highest BCUT2D eigenvalue weighted by molar-refractivity contribution is 5.89. The predicted molar refractivity (Wildman–Crippen MR) is 125 cm³/mol. The molecule has 2 N–H and O–H groups in total. The lowest BCUT2D eigenvalue weighted by Gasteiger charge is -2.34. The molecule has 0 saturated carbocycles. The van der Waals surface area contributed by atoms with E-state index in [0.29, 0.717) is 36.2 Å². The van der Waals surface area contributed by atoms with E-state index < -0.39 is 0 Å². The topological polar surface area (TPSA) is 107 Å². The lowest BCUT2D eigenvalue weighted by Crippen LogP contribution is -2.49. The second-order valence-corrected chi connectivity index (χ2v) is 8.17. The van der Waals surface area contributed by atoms with Crippen LogP contribution >= 0.6 is 0 Å². The number of nitrogens with one attached hydrogen (secondary N) is 2. The Morgan fingerprint density at radius 3 is 2.59 bits per heavy atom. The van der Waals surface area contributed by atoms with Crippen LogP contribution in [0, 0.1) is 13.8 Å². The minimum atomic E-state index is -0.129. The Morgan fingerprint density at radius 2 is 1.84 bits per heavy atom. The van der Waals surface area contributed by atoms with E-state index in [0.717, 1.165) is 49.7 Å². The molecule has 4 rings (SSSR count). The maximum Gasteiger partial charge on any atom is 0.258 e. The average Bonchev–Trinajstić information content (AvgIpc) is 2.79. The number of unbranched alkanes of at least 4 members (excludes halogenated alkanes) is 1. The molecule has 9 nitrogen and oxygen atoms in total. The van der Waals surface area contributed by atoms with Gasteiger partial charge in [0.2, 0.25) is 11.9 Å². The molecular weight excluding hydrogens is 406 g/mol. The van der Waals surface area contributed by atoms with Crippen molar-refractivity contribution < 1.29 is 4.79 Å². The molecule has 3 heterocycles. The smallest absolute Gasteiger partial charge is 0.258 e. The molecule has 0 unspecified atom stereocenters. The van der Waals surface area contributed by atoms with E-state index >= 15 is 0 Å². The van der Waals surface area contributed by atoms with Crippen molar-refractivity contribution in [3.05, 3.63) is 52.3 Å². The van der Waals surface area contributed by atoms with Crippen molar-refractivity contribution in [2.24, 2.45) is 0 Å². The van der Waals surface area contributed by atoms with Gasteiger partial charge in [0, 0.05) is 51.5 Å². The average molecular weight is 436 g/mol. The number of H-pyrrole nitrogens is 1. The summed E-state index contributed by atoms with van der Waals surface area (Å²) in [6.45, 7) is 7.37. The van der Waals surface area contributed by atoms with Crippen LogP contribution in [0.5, 0.6) is 0 Å². The van der Waals surface area contributed by atoms with E-state index in [2.05, 4.69) is 30.2 Å². The van der Waals surface area contributed by atoms with Gasteiger partial charge in [-0.15, -0.1) is 0 Å². The van der Waals surface area contributed by atoms with Crippen LogP contribution < -0.4 is 15.8 Å². The number of para-hydroxylation sites is 1. The van der Waals surface area contributed by atoms with Gasteiger partial charge in [-0.25, -0.2) is 15.0 Å². The largest absolute Gasteiger partial charge is 0.383 e. The Labute approximate surface area is 186 Å². The normalized spacial score (nSPS) is 14.1. The number of amides is 1. The zero-order chi connectivity index (χ0) is 22.5. The maximum atomic E-state index is 12.6. The summed E-state index contributed by atoms with van der Waals surface area (Å²) in [5.74, 6) is 1.52. The summed E-state index contributed by atoms with van der Waals surface area (Å²) in [6, 6.07) is 5.55. The van der Waals surface area contributed by atoms with Gasteiger partial charge < -0.3 is 20.1 Å². The molecular formula is C23H29N7O2. The standard InChI is InChI=1S/C23H29N7O2/c1-16-14-25-23(26-15-16)30-12-10-29(11-13-30)20(31)8-3-4-9-24-19-7-5-6-18-21(19)27-17(2)28-22(18)32/h5-7,14-15,24H,3-4,8-13H2,1-2H3,(H,27,28,32). The van der Waals surface area contributed by atoms with Gasteiger partial charge in [-0.05, 0) is 44.4 Å². The first kappa shape index (κ1) is 21.7. The highest BCUT2D eigenvalue weighted by Gasteiger charge is 2.22. The highest BCUT2D eigenvalue weighted by atomic mass is 16.2. The van der Waals surface area contributed by atoms with E-state index in [9.17, 15) is 9.59 Å². The molecule has 1 saturated heterocycles. The molecule has 0 aliphatic carbocycles. The molecule has 0 spiro atoms. The number of hydrogen-bond acceptors (Lipinski definition) is 7. The monoisotopic (exact) mass is 435 g/mol. The lowest BCUT2D eigenvalue weighted by molar-refractivity contribution is -0.131. The van der Waals surface area contributed by atoms with Crippen LogP contribution in [-0.4, -0.2) is 63.5 Å². The summed E-state index contributed by atoms with van der Waals surface area (Å²) in [5.41, 5.74) is 2.44. The van der Waals surface area contributed by atoms with E-state index in [1.54, 1.807) is 13.0 Å². The number of anilines is 2. The number of hydrogen-bond donors (Lipinski definition) is 2. The molecule has 1 aliphatic heterocycles. The van der Waals surface area contributed by atoms with Gasteiger partial charge in [0.25, 0.3) is 5.56 Å². The van der Waals surface area contributed by atoms with Gasteiger partial charge in [0.1, 0.15) is 11.3 Å². The van der Waals surface area contributed by atoms with Crippen LogP contribution in [0.15, 0.2) is 35.4 Å². The zero-order valence-corrected chi connectivity index (χ0v) is 18.6. The fourth-order valence-electron chi connectivity index (χ4n) is 3.90. The fraction of sp³-hybridized carbons (Fsp3) is 0.435. The summed E-state index contributed by atoms with van der Waals surface area (Å²) >= 11 is 0. The van der Waals surface area contributed by atoms with Crippen molar-refractivity contribution >= 4 is 28.4 Å². The van der Waals surface area contributed by atoms with Gasteiger partial charge in [0.05, 0.1) is 11.1 Å². The molecule has 1 aromatic carbocycles. The molecule has 2 aromatic heterocycles. The van der Waals surface area contributed by atoms with Crippen molar-refractivity contribution in [1.82, 2.24) is 24.8 Å². The van der Waals surface area contributed by atoms with Crippen molar-refractivity contribution in [2.75, 3.05) is 42.9 Å². The fourth-order valence-corrected chi connectivity index (χ4v) is 3.90. The molecule has 1 aliphatic rings. The Hall–Kier alpha value is -3.49. The molecule has 0 bridgehead atoms. The van der Waals surface area contributed by atoms with Gasteiger partial charge in [-0.1, -0.05) is 6.07 Å². The Bertz CT molecular complexity index is 1140. The van der Waals surface area contributed by atoms with Crippen LogP contribution in [0.1, 0.15) is 30.7 Å². The summed E-state index contributed by atoms with van der Waals surface area (Å²) in [7, 11) is 0. The van der Waals surface area contributed by atoms with Crippen LogP contribution in [0.4, 0.5) is 11.6 Å². The predicted octanol–water partition coefficient (Wildman–Crippen LogP) is 2.26. The molecule has 0 radical (unpaired) electrons. The number of carbonyl (C=O) groups excluding carboxylic acids is 1. The number of carbonyl (C=O) groups is 1. The van der Waals surface area contributed by atoms with Crippen LogP contribution in [0.3, 0.4) is 0 Å². The third kappa shape index (κ3) is 5.04. The van der Waals surface area contributed by atoms with Crippen molar-refractivity contribution in [2.45, 2.75) is 33.1 Å². The quantitative estimate of drug-likeness (QED) is 0.548. The summed E-state index contributed by atoms with van der Waals surface area (Å²) < 4.78 is 0. The first-order chi connectivity index (χ1) is 15.5. The van der Waals surface area contributed by atoms with E-state index in [1.807, 2.05) is 36.4 Å². The summed E-state index contributed by atoms with van der Waals surface area (Å²) in [4.78, 5) is 44.7. The number of fused-ring (bicyclic) bond motifs is 1. The van der Waals surface area contributed by atoms with E-state index in [-0.39, 0.29) is 11.5 Å². The summed E-state index contributed by atoms with van der Waals surface area (Å²) in [6.07, 6.45) is 5.85. The van der Waals surface area contributed by atoms with Gasteiger partial charge in [0.15, 0.2) is 0 Å². The minimum absolute atomic E-state index is 0.129. The van der Waals surface area contributed by atoms with E-state index in [4.69, 9.17) is 0 Å². The molecule has 9 heteroatoms. The second kappa shape index (κ2) is 9.76. The molecule has 0 atom stereocenters. The second-order valence-electron chi connectivity index (χ2n) is 8.17. The first-order valence-corrected chi connectivity index (χ1v) is 11.1. The maximum absolute atomic E-state index is 12.6. The SMILES string of the molecule is Cc1cnc(N2CCN(C(=O)CCCCNc3cccc4c(=O)[nH]c(C)nc34)CC2)nc1. The van der Waals surface area contributed by atoms with Crippen LogP contribution in [0.2, 0.25) is 0 Å². The first-order valence-electron chi connectivity index (χ1n) is 11.1. The van der Waals surface area contributed by atoms with E-state index in [1.165, 1.54) is 0 Å². The van der Waals surface area contributed by atoms with Crippen molar-refractivity contribution in [3.8, 4) is 0 Å². The van der Waals surface area contributed by atoms with Gasteiger partial charge in [-0.3, -0.25) is 9.59 Å². The number of aromatic nitrogens is 4. The third-order valence-corrected chi connectivity index (χ3v) is 5.67. The molecule has 3 aromatic rings. The number of piperazine rings is 1. The van der Waals surface area contributed by atoms with Gasteiger partial charge >= 0.3 is 0 Å². The van der Waals surface area contributed by atoms with Crippen molar-refractivity contribution in [1.29, 1.82) is 0 Å². The van der Waals surface area contributed by atoms with Gasteiger partial charge in [-0.2, -0.15) is 0 Å². The molecule has 32 heavy (non-hydrogen) atoms. The molecule has 168 valence electrons. The number of aromatic amines is 1. The number of aryl methyl sites for hydroxylation is 2. The Balaban J connectivity index is 1.20. The molecule has 1 fully saturated rings.